The molecule has 0 aliphatic rings. The minimum absolute atomic E-state index is 0.120. The summed E-state index contributed by atoms with van der Waals surface area (Å²) in [6.45, 7) is 1.70. The SMILES string of the molecule is CCC(C(=O)O)c1c(F)cccc1OC. The molecule has 1 atom stereocenters. The molecule has 0 aliphatic heterocycles. The van der Waals surface area contributed by atoms with Gasteiger partial charge in [-0.05, 0) is 18.6 Å². The highest BCUT2D eigenvalue weighted by molar-refractivity contribution is 5.77. The van der Waals surface area contributed by atoms with E-state index in [2.05, 4.69) is 0 Å². The molecule has 1 N–H and O–H groups in total. The van der Waals surface area contributed by atoms with Gasteiger partial charge in [0.2, 0.25) is 0 Å². The van der Waals surface area contributed by atoms with E-state index < -0.39 is 17.7 Å². The zero-order chi connectivity index (χ0) is 11.4. The Morgan fingerprint density at radius 1 is 1.60 bits per heavy atom. The summed E-state index contributed by atoms with van der Waals surface area (Å²) < 4.78 is 18.4. The highest BCUT2D eigenvalue weighted by Crippen LogP contribution is 2.31. The van der Waals surface area contributed by atoms with E-state index in [-0.39, 0.29) is 11.3 Å². The molecule has 0 radical (unpaired) electrons. The number of benzene rings is 1. The summed E-state index contributed by atoms with van der Waals surface area (Å²) in [5.41, 5.74) is 0.120. The first-order chi connectivity index (χ1) is 7.11. The zero-order valence-corrected chi connectivity index (χ0v) is 8.66. The van der Waals surface area contributed by atoms with E-state index in [1.54, 1.807) is 13.0 Å². The first kappa shape index (κ1) is 11.5. The summed E-state index contributed by atoms with van der Waals surface area (Å²) in [6, 6.07) is 4.29. The molecule has 0 spiro atoms. The number of hydrogen-bond acceptors (Lipinski definition) is 2. The fraction of sp³-hybridized carbons (Fsp3) is 0.364. The predicted octanol–water partition coefficient (Wildman–Crippen LogP) is 2.41. The Hall–Kier alpha value is -1.58. The largest absolute Gasteiger partial charge is 0.496 e. The van der Waals surface area contributed by atoms with Gasteiger partial charge in [0, 0.05) is 5.56 Å². The zero-order valence-electron chi connectivity index (χ0n) is 8.66. The maximum Gasteiger partial charge on any atom is 0.311 e. The van der Waals surface area contributed by atoms with E-state index in [0.29, 0.717) is 6.42 Å². The van der Waals surface area contributed by atoms with Crippen LogP contribution >= 0.6 is 0 Å². The highest BCUT2D eigenvalue weighted by Gasteiger charge is 2.24. The number of ether oxygens (including phenoxy) is 1. The fourth-order valence-electron chi connectivity index (χ4n) is 1.54. The Labute approximate surface area is 87.5 Å². The van der Waals surface area contributed by atoms with Crippen LogP contribution in [0.2, 0.25) is 0 Å². The summed E-state index contributed by atoms with van der Waals surface area (Å²) in [5.74, 6) is -2.16. The molecule has 1 unspecified atom stereocenters. The van der Waals surface area contributed by atoms with Crippen LogP contribution in [0.4, 0.5) is 4.39 Å². The third-order valence-corrected chi connectivity index (χ3v) is 2.29. The molecule has 3 nitrogen and oxygen atoms in total. The monoisotopic (exact) mass is 212 g/mol. The Bertz CT molecular complexity index is 363. The van der Waals surface area contributed by atoms with Crippen LogP contribution in [0.15, 0.2) is 18.2 Å². The molecule has 82 valence electrons. The molecule has 0 aromatic heterocycles. The molecule has 0 heterocycles. The molecular formula is C11H13FO3. The van der Waals surface area contributed by atoms with Crippen molar-refractivity contribution in [3.05, 3.63) is 29.6 Å². The summed E-state index contributed by atoms with van der Waals surface area (Å²) in [6.07, 6.45) is 0.326. The third-order valence-electron chi connectivity index (χ3n) is 2.29. The van der Waals surface area contributed by atoms with Gasteiger partial charge in [-0.3, -0.25) is 4.79 Å². The smallest absolute Gasteiger partial charge is 0.311 e. The van der Waals surface area contributed by atoms with Crippen LogP contribution in [-0.4, -0.2) is 18.2 Å². The van der Waals surface area contributed by atoms with Gasteiger partial charge in [0.25, 0.3) is 0 Å². The van der Waals surface area contributed by atoms with Crippen LogP contribution in [0, 0.1) is 5.82 Å². The number of carboxylic acid groups (broad SMARTS) is 1. The van der Waals surface area contributed by atoms with Crippen molar-refractivity contribution in [2.45, 2.75) is 19.3 Å². The lowest BCUT2D eigenvalue weighted by atomic mass is 9.95. The van der Waals surface area contributed by atoms with E-state index in [9.17, 15) is 9.18 Å². The molecule has 0 bridgehead atoms. The normalized spacial score (nSPS) is 12.2. The van der Waals surface area contributed by atoms with E-state index >= 15 is 0 Å². The topological polar surface area (TPSA) is 46.5 Å². The summed E-state index contributed by atoms with van der Waals surface area (Å²) in [5, 5.41) is 8.95. The van der Waals surface area contributed by atoms with Gasteiger partial charge in [-0.25, -0.2) is 4.39 Å². The minimum Gasteiger partial charge on any atom is -0.496 e. The third kappa shape index (κ3) is 2.26. The lowest BCUT2D eigenvalue weighted by Gasteiger charge is -2.14. The maximum atomic E-state index is 13.5. The standard InChI is InChI=1S/C11H13FO3/c1-3-7(11(13)14)10-8(12)5-4-6-9(10)15-2/h4-7H,3H2,1-2H3,(H,13,14). The Morgan fingerprint density at radius 3 is 2.73 bits per heavy atom. The molecular weight excluding hydrogens is 199 g/mol. The van der Waals surface area contributed by atoms with Crippen LogP contribution < -0.4 is 4.74 Å². The molecule has 0 fully saturated rings. The molecule has 0 saturated heterocycles. The first-order valence-electron chi connectivity index (χ1n) is 4.67. The van der Waals surface area contributed by atoms with Gasteiger partial charge in [-0.2, -0.15) is 0 Å². The van der Waals surface area contributed by atoms with Gasteiger partial charge in [-0.1, -0.05) is 13.0 Å². The van der Waals surface area contributed by atoms with E-state index in [1.807, 2.05) is 0 Å². The summed E-state index contributed by atoms with van der Waals surface area (Å²) in [4.78, 5) is 10.9. The van der Waals surface area contributed by atoms with Gasteiger partial charge in [0.15, 0.2) is 0 Å². The lowest BCUT2D eigenvalue weighted by Crippen LogP contribution is -2.13. The van der Waals surface area contributed by atoms with Crippen LogP contribution in [0.5, 0.6) is 5.75 Å². The first-order valence-corrected chi connectivity index (χ1v) is 4.67. The molecule has 4 heteroatoms. The Morgan fingerprint density at radius 2 is 2.27 bits per heavy atom. The van der Waals surface area contributed by atoms with Crippen molar-refractivity contribution in [3.8, 4) is 5.75 Å². The number of aliphatic carboxylic acids is 1. The van der Waals surface area contributed by atoms with E-state index in [4.69, 9.17) is 9.84 Å². The van der Waals surface area contributed by atoms with Gasteiger partial charge in [0.05, 0.1) is 13.0 Å². The highest BCUT2D eigenvalue weighted by atomic mass is 19.1. The van der Waals surface area contributed by atoms with Gasteiger partial charge < -0.3 is 9.84 Å². The summed E-state index contributed by atoms with van der Waals surface area (Å²) in [7, 11) is 1.40. The van der Waals surface area contributed by atoms with Crippen molar-refractivity contribution in [2.75, 3.05) is 7.11 Å². The number of halogens is 1. The van der Waals surface area contributed by atoms with Crippen LogP contribution in [-0.2, 0) is 4.79 Å². The fourth-order valence-corrected chi connectivity index (χ4v) is 1.54. The molecule has 0 amide bonds. The summed E-state index contributed by atoms with van der Waals surface area (Å²) >= 11 is 0. The predicted molar refractivity (Wildman–Crippen MR) is 53.6 cm³/mol. The van der Waals surface area contributed by atoms with Crippen molar-refractivity contribution in [2.24, 2.45) is 0 Å². The number of carbonyl (C=O) groups is 1. The number of hydrogen-bond donors (Lipinski definition) is 1. The second-order valence-corrected chi connectivity index (χ2v) is 3.15. The lowest BCUT2D eigenvalue weighted by molar-refractivity contribution is -0.139. The second-order valence-electron chi connectivity index (χ2n) is 3.15. The van der Waals surface area contributed by atoms with Crippen molar-refractivity contribution in [1.29, 1.82) is 0 Å². The van der Waals surface area contributed by atoms with Crippen molar-refractivity contribution in [3.63, 3.8) is 0 Å². The molecule has 0 aliphatic carbocycles. The maximum absolute atomic E-state index is 13.5. The van der Waals surface area contributed by atoms with Gasteiger partial charge in [0.1, 0.15) is 11.6 Å². The average Bonchev–Trinajstić information content (AvgIpc) is 2.21. The quantitative estimate of drug-likeness (QED) is 0.833. The van der Waals surface area contributed by atoms with Crippen molar-refractivity contribution < 1.29 is 19.0 Å². The molecule has 1 aromatic rings. The van der Waals surface area contributed by atoms with Crippen molar-refractivity contribution >= 4 is 5.97 Å². The Kier molecular flexibility index (Phi) is 3.66. The number of methoxy groups -OCH3 is 1. The van der Waals surface area contributed by atoms with Gasteiger partial charge >= 0.3 is 5.97 Å². The second kappa shape index (κ2) is 4.77. The van der Waals surface area contributed by atoms with Gasteiger partial charge in [-0.15, -0.1) is 0 Å². The van der Waals surface area contributed by atoms with Crippen LogP contribution in [0.25, 0.3) is 0 Å². The van der Waals surface area contributed by atoms with Crippen LogP contribution in [0.1, 0.15) is 24.8 Å². The Balaban J connectivity index is 3.26. The van der Waals surface area contributed by atoms with E-state index in [0.717, 1.165) is 0 Å². The average molecular weight is 212 g/mol. The van der Waals surface area contributed by atoms with Crippen molar-refractivity contribution in [1.82, 2.24) is 0 Å². The number of rotatable bonds is 4. The van der Waals surface area contributed by atoms with E-state index in [1.165, 1.54) is 19.2 Å². The molecule has 1 aromatic carbocycles. The molecule has 1 rings (SSSR count). The van der Waals surface area contributed by atoms with Crippen LogP contribution in [0.3, 0.4) is 0 Å². The molecule has 0 saturated carbocycles. The molecule has 15 heavy (non-hydrogen) atoms. The number of carboxylic acids is 1. The minimum atomic E-state index is -1.04.